The lowest BCUT2D eigenvalue weighted by Crippen LogP contribution is -2.51. The number of para-hydroxylation sites is 2. The molecule has 1 N–H and O–H groups in total. The number of benzene rings is 3. The summed E-state index contributed by atoms with van der Waals surface area (Å²) in [5, 5.41) is 20.9. The van der Waals surface area contributed by atoms with Crippen molar-refractivity contribution in [2.45, 2.75) is 11.7 Å². The normalized spacial score (nSPS) is 24.3. The van der Waals surface area contributed by atoms with Gasteiger partial charge in [-0.05, 0) is 17.7 Å². The van der Waals surface area contributed by atoms with Gasteiger partial charge in [-0.3, -0.25) is 24.4 Å². The predicted molar refractivity (Wildman–Crippen MR) is 122 cm³/mol. The van der Waals surface area contributed by atoms with Gasteiger partial charge in [-0.2, -0.15) is 0 Å². The molecule has 3 aliphatic rings. The van der Waals surface area contributed by atoms with E-state index in [2.05, 4.69) is 0 Å². The molecule has 35 heavy (non-hydrogen) atoms. The van der Waals surface area contributed by atoms with Crippen LogP contribution in [0.2, 0.25) is 0 Å². The number of anilines is 2. The summed E-state index contributed by atoms with van der Waals surface area (Å²) in [4.78, 5) is 55.8. The standard InChI is InChI=1S/C26H17N2O7/c29-22-15-10-4-5-11-16(15)23(30)26(22)20-19(21(35-26)14-8-2-1-3-9-14)24(31)27(25(20)32)17-12-6-7-13-18(17)28(33)34/h1-13,19-21,33H/q-1. The number of amides is 2. The lowest BCUT2D eigenvalue weighted by molar-refractivity contribution is -0.127. The first-order valence-corrected chi connectivity index (χ1v) is 10.9. The molecule has 2 saturated heterocycles. The number of nitrogens with zero attached hydrogens (tertiary/aromatic N) is 2. The summed E-state index contributed by atoms with van der Waals surface area (Å²) < 4.78 is 6.18. The fourth-order valence-corrected chi connectivity index (χ4v) is 5.51. The van der Waals surface area contributed by atoms with E-state index in [0.717, 1.165) is 4.90 Å². The van der Waals surface area contributed by atoms with Crippen molar-refractivity contribution in [3.8, 4) is 0 Å². The Kier molecular flexibility index (Phi) is 4.52. The Hall–Kier alpha value is -4.18. The molecular formula is C26H17N2O7-. The van der Waals surface area contributed by atoms with Crippen molar-refractivity contribution in [3.05, 3.63) is 101 Å². The third kappa shape index (κ3) is 2.68. The first-order chi connectivity index (χ1) is 16.9. The van der Waals surface area contributed by atoms with Gasteiger partial charge in [0.25, 0.3) is 0 Å². The molecule has 0 bridgehead atoms. The first kappa shape index (κ1) is 21.4. The molecule has 3 atom stereocenters. The monoisotopic (exact) mass is 469 g/mol. The van der Waals surface area contributed by atoms with Crippen molar-refractivity contribution >= 4 is 34.8 Å². The van der Waals surface area contributed by atoms with Gasteiger partial charge in [-0.25, -0.2) is 4.90 Å². The van der Waals surface area contributed by atoms with E-state index in [4.69, 9.17) is 4.74 Å². The van der Waals surface area contributed by atoms with Gasteiger partial charge in [-0.15, -0.1) is 0 Å². The van der Waals surface area contributed by atoms with Crippen LogP contribution in [0.4, 0.5) is 11.4 Å². The Morgan fingerprint density at radius 2 is 1.37 bits per heavy atom. The summed E-state index contributed by atoms with van der Waals surface area (Å²) in [7, 11) is 0. The second-order valence-electron chi connectivity index (χ2n) is 8.67. The Labute approximate surface area is 198 Å². The molecule has 3 aromatic carbocycles. The van der Waals surface area contributed by atoms with Crippen molar-refractivity contribution in [2.24, 2.45) is 11.8 Å². The zero-order valence-corrected chi connectivity index (χ0v) is 18.0. The summed E-state index contributed by atoms with van der Waals surface area (Å²) in [6, 6.07) is 20.4. The van der Waals surface area contributed by atoms with Crippen LogP contribution in [0.3, 0.4) is 0 Å². The lowest BCUT2D eigenvalue weighted by Gasteiger charge is -2.30. The highest BCUT2D eigenvalue weighted by atomic mass is 16.8. The Bertz CT molecular complexity index is 1380. The number of carbonyl (C=O) groups excluding carboxylic acids is 4. The molecule has 2 heterocycles. The van der Waals surface area contributed by atoms with Crippen LogP contribution in [0.5, 0.6) is 0 Å². The molecule has 2 amide bonds. The highest BCUT2D eigenvalue weighted by molar-refractivity contribution is 6.37. The van der Waals surface area contributed by atoms with Gasteiger partial charge in [0.1, 0.15) is 0 Å². The molecule has 6 rings (SSSR count). The van der Waals surface area contributed by atoms with E-state index in [0.29, 0.717) is 5.56 Å². The predicted octanol–water partition coefficient (Wildman–Crippen LogP) is 3.08. The summed E-state index contributed by atoms with van der Waals surface area (Å²) in [6.45, 7) is 0. The van der Waals surface area contributed by atoms with Gasteiger partial charge in [0, 0.05) is 11.1 Å². The number of hydrogen-bond donors (Lipinski definition) is 1. The van der Waals surface area contributed by atoms with Crippen LogP contribution >= 0.6 is 0 Å². The van der Waals surface area contributed by atoms with Crippen molar-refractivity contribution < 1.29 is 29.1 Å². The van der Waals surface area contributed by atoms with Crippen LogP contribution in [0.15, 0.2) is 78.9 Å². The molecule has 3 unspecified atom stereocenters. The zero-order valence-electron chi connectivity index (χ0n) is 18.0. The molecule has 2 fully saturated rings. The molecule has 0 aromatic heterocycles. The molecule has 2 aliphatic heterocycles. The second-order valence-corrected chi connectivity index (χ2v) is 8.67. The minimum absolute atomic E-state index is 0.130. The first-order valence-electron chi connectivity index (χ1n) is 10.9. The fourth-order valence-electron chi connectivity index (χ4n) is 5.51. The topological polar surface area (TPSA) is 127 Å². The Morgan fingerprint density at radius 1 is 0.800 bits per heavy atom. The maximum Gasteiger partial charge on any atom is 0.241 e. The van der Waals surface area contributed by atoms with E-state index in [9.17, 15) is 29.6 Å². The van der Waals surface area contributed by atoms with Gasteiger partial charge in [0.05, 0.1) is 29.3 Å². The van der Waals surface area contributed by atoms with Crippen LogP contribution < -0.4 is 10.1 Å². The van der Waals surface area contributed by atoms with Gasteiger partial charge < -0.3 is 15.2 Å². The third-order valence-electron chi connectivity index (χ3n) is 6.98. The summed E-state index contributed by atoms with van der Waals surface area (Å²) in [5.41, 5.74) is -1.89. The van der Waals surface area contributed by atoms with Crippen LogP contribution in [0.1, 0.15) is 32.4 Å². The highest BCUT2D eigenvalue weighted by Crippen LogP contribution is 2.58. The van der Waals surface area contributed by atoms with Crippen molar-refractivity contribution in [1.29, 1.82) is 0 Å². The summed E-state index contributed by atoms with van der Waals surface area (Å²) >= 11 is 0. The number of hydrogen-bond acceptors (Lipinski definition) is 8. The van der Waals surface area contributed by atoms with Crippen molar-refractivity contribution in [3.63, 3.8) is 0 Å². The number of carbonyl (C=O) groups is 4. The Morgan fingerprint density at radius 3 is 2.00 bits per heavy atom. The van der Waals surface area contributed by atoms with E-state index >= 15 is 0 Å². The average molecular weight is 469 g/mol. The number of imide groups is 1. The van der Waals surface area contributed by atoms with Gasteiger partial charge in [0.15, 0.2) is 0 Å². The molecule has 1 spiro atoms. The molecule has 1 aliphatic carbocycles. The number of fused-ring (bicyclic) bond motifs is 3. The largest absolute Gasteiger partial charge is 0.733 e. The molecule has 9 heteroatoms. The van der Waals surface area contributed by atoms with Gasteiger partial charge >= 0.3 is 0 Å². The van der Waals surface area contributed by atoms with Crippen LogP contribution in [0.25, 0.3) is 0 Å². The van der Waals surface area contributed by atoms with Gasteiger partial charge in [-0.1, -0.05) is 66.7 Å². The fraction of sp³-hybridized carbons (Fsp3) is 0.154. The van der Waals surface area contributed by atoms with Crippen molar-refractivity contribution in [1.82, 2.24) is 0 Å². The minimum atomic E-state index is -2.21. The highest BCUT2D eigenvalue weighted by Gasteiger charge is 2.74. The van der Waals surface area contributed by atoms with Gasteiger partial charge in [0.2, 0.25) is 29.0 Å². The smallest absolute Gasteiger partial charge is 0.241 e. The molecule has 0 saturated carbocycles. The molecular weight excluding hydrogens is 452 g/mol. The van der Waals surface area contributed by atoms with Crippen LogP contribution in [-0.4, -0.2) is 34.2 Å². The van der Waals surface area contributed by atoms with E-state index in [1.54, 1.807) is 42.5 Å². The van der Waals surface area contributed by atoms with E-state index in [-0.39, 0.29) is 22.5 Å². The lowest BCUT2D eigenvalue weighted by atomic mass is 9.77. The number of rotatable bonds is 3. The molecule has 0 radical (unpaired) electrons. The SMILES string of the molecule is O=C1C2C(c3ccccc3)OC3(C(=O)c4ccccc4C3=O)C2C(=O)N1c1ccccc1N([O-])O. The average Bonchev–Trinajstić information content (AvgIpc) is 3.44. The summed E-state index contributed by atoms with van der Waals surface area (Å²) in [5.74, 6) is -5.55. The quantitative estimate of drug-likeness (QED) is 0.352. The maximum atomic E-state index is 13.9. The molecule has 174 valence electrons. The Balaban J connectivity index is 1.56. The number of Topliss-reactive ketones (excluding diaryl/α,β-unsaturated/α-hetero) is 2. The number of ketones is 2. The second kappa shape index (κ2) is 7.41. The number of ether oxygens (including phenoxy) is 1. The van der Waals surface area contributed by atoms with E-state index in [1.807, 2.05) is 0 Å². The van der Waals surface area contributed by atoms with Crippen molar-refractivity contribution in [2.75, 3.05) is 10.1 Å². The molecule has 9 nitrogen and oxygen atoms in total. The third-order valence-corrected chi connectivity index (χ3v) is 6.98. The van der Waals surface area contributed by atoms with E-state index < -0.39 is 52.1 Å². The van der Waals surface area contributed by atoms with E-state index in [1.165, 1.54) is 36.4 Å². The van der Waals surface area contributed by atoms with Crippen LogP contribution in [0, 0.1) is 17.0 Å². The minimum Gasteiger partial charge on any atom is -0.733 e. The van der Waals surface area contributed by atoms with Crippen LogP contribution in [-0.2, 0) is 14.3 Å². The zero-order chi connectivity index (χ0) is 24.5. The summed E-state index contributed by atoms with van der Waals surface area (Å²) in [6.07, 6.45) is -1.06. The maximum absolute atomic E-state index is 13.9. The molecule has 3 aromatic rings.